The van der Waals surface area contributed by atoms with Crippen LogP contribution in [0.15, 0.2) is 168 Å². The third-order valence-electron chi connectivity index (χ3n) is 6.63. The van der Waals surface area contributed by atoms with E-state index in [-0.39, 0.29) is 18.9 Å². The molecule has 1 N–H and O–H groups in total. The summed E-state index contributed by atoms with van der Waals surface area (Å²) in [6.07, 6.45) is 0.628. The van der Waals surface area contributed by atoms with Crippen molar-refractivity contribution < 1.29 is 19.1 Å². The third kappa shape index (κ3) is 7.56. The molecule has 0 heterocycles. The minimum absolute atomic E-state index is 0.0358. The molecule has 5 aromatic rings. The van der Waals surface area contributed by atoms with E-state index < -0.39 is 19.1 Å². The Morgan fingerprint density at radius 1 is 0.558 bits per heavy atom. The number of nitrogens with one attached hydrogen (secondary N) is 1. The molecule has 0 aromatic heterocycles. The molecule has 0 fully saturated rings. The molecule has 0 bridgehead atoms. The molecule has 1 amide bonds. The fourth-order valence-electron chi connectivity index (χ4n) is 4.53. The smallest absolute Gasteiger partial charge is 0.412 e. The van der Waals surface area contributed by atoms with Gasteiger partial charge < -0.3 is 9.47 Å². The van der Waals surface area contributed by atoms with Gasteiger partial charge in [-0.25, -0.2) is 9.59 Å². The monoisotopic (exact) mass is 586 g/mol. The molecule has 214 valence electrons. The van der Waals surface area contributed by atoms with E-state index in [1.807, 2.05) is 152 Å². The van der Waals surface area contributed by atoms with Crippen molar-refractivity contribution in [1.29, 1.82) is 0 Å². The van der Waals surface area contributed by atoms with E-state index in [9.17, 15) is 9.59 Å². The number of nitrogens with zero attached hydrogens (tertiary/aromatic N) is 1. The molecule has 0 aliphatic heterocycles. The molecule has 0 aliphatic carbocycles. The Kier molecular flexibility index (Phi) is 9.97. The number of benzene rings is 5. The molecule has 0 atom stereocenters. The molecule has 5 rings (SSSR count). The van der Waals surface area contributed by atoms with E-state index in [4.69, 9.17) is 14.2 Å². The maximum Gasteiger partial charge on any atom is 0.412 e. The average Bonchev–Trinajstić information content (AvgIpc) is 3.08. The lowest BCUT2D eigenvalue weighted by Crippen LogP contribution is -2.29. The van der Waals surface area contributed by atoms with Gasteiger partial charge in [0.25, 0.3) is 0 Å². The Labute approximate surface area is 251 Å². The molecule has 0 aliphatic rings. The van der Waals surface area contributed by atoms with Crippen molar-refractivity contribution in [2.45, 2.75) is 13.2 Å². The van der Waals surface area contributed by atoms with Crippen LogP contribution in [-0.2, 0) is 27.5 Å². The van der Waals surface area contributed by atoms with E-state index >= 15 is 0 Å². The lowest BCUT2D eigenvalue weighted by atomic mass is 10.2. The lowest BCUT2D eigenvalue weighted by molar-refractivity contribution is -0.140. The number of alkyl carbamates (subject to hydrolysis) is 1. The van der Waals surface area contributed by atoms with Gasteiger partial charge in [0.05, 0.1) is 13.3 Å². The Hall–Kier alpha value is -5.19. The van der Waals surface area contributed by atoms with Crippen LogP contribution in [-0.4, -0.2) is 12.1 Å². The van der Waals surface area contributed by atoms with Gasteiger partial charge in [-0.2, -0.15) is 0 Å². The summed E-state index contributed by atoms with van der Waals surface area (Å²) in [5, 5.41) is 5.58. The number of rotatable bonds is 10. The van der Waals surface area contributed by atoms with Crippen LogP contribution in [0, 0.1) is 0 Å². The van der Waals surface area contributed by atoms with Crippen LogP contribution < -0.4 is 21.2 Å². The van der Waals surface area contributed by atoms with Crippen molar-refractivity contribution in [3.63, 3.8) is 0 Å². The van der Waals surface area contributed by atoms with Crippen molar-refractivity contribution in [1.82, 2.24) is 5.32 Å². The van der Waals surface area contributed by atoms with Crippen molar-refractivity contribution in [2.75, 3.05) is 0 Å². The van der Waals surface area contributed by atoms with E-state index in [2.05, 4.69) is 5.32 Å². The van der Waals surface area contributed by atoms with Crippen LogP contribution in [0.1, 0.15) is 11.1 Å². The van der Waals surface area contributed by atoms with Gasteiger partial charge in [0.15, 0.2) is 0 Å². The molecule has 0 radical (unpaired) electrons. The normalized spacial score (nSPS) is 11.3. The summed E-state index contributed by atoms with van der Waals surface area (Å²) in [6, 6.07) is 48.6. The standard InChI is InChI=1S/C36H31N2O4P/c39-35(41-27-29-16-6-1-7-17-29)34(38-36(40)42-28-30-18-8-2-9-19-30)26-37-43(31-20-10-3-11-21-31,32-22-12-4-13-23-32)33-24-14-5-15-25-33/h1-26H,27-28H2,(H,38,40)/b34-26-. The van der Waals surface area contributed by atoms with Crippen LogP contribution in [0.2, 0.25) is 0 Å². The molecule has 0 unspecified atom stereocenters. The summed E-state index contributed by atoms with van der Waals surface area (Å²) in [5.41, 5.74) is 1.52. The minimum atomic E-state index is -2.68. The summed E-state index contributed by atoms with van der Waals surface area (Å²) in [7, 11) is -2.68. The van der Waals surface area contributed by atoms with Crippen molar-refractivity contribution in [3.8, 4) is 0 Å². The van der Waals surface area contributed by atoms with Gasteiger partial charge in [-0.1, -0.05) is 152 Å². The fourth-order valence-corrected chi connectivity index (χ4v) is 7.92. The summed E-state index contributed by atoms with van der Waals surface area (Å²) in [6.45, 7) is 0.0826. The van der Waals surface area contributed by atoms with Gasteiger partial charge >= 0.3 is 12.1 Å². The van der Waals surface area contributed by atoms with Crippen molar-refractivity contribution in [2.24, 2.45) is 4.74 Å². The zero-order valence-electron chi connectivity index (χ0n) is 23.5. The molecular formula is C36H31N2O4P. The Balaban J connectivity index is 1.58. The van der Waals surface area contributed by atoms with E-state index in [1.54, 1.807) is 0 Å². The molecule has 5 aromatic carbocycles. The van der Waals surface area contributed by atoms with Crippen LogP contribution in [0.25, 0.3) is 0 Å². The number of carbonyl (C=O) groups is 2. The SMILES string of the molecule is O=C(N/C(=C\N=P(c1ccccc1)(c1ccccc1)c1ccccc1)C(=O)OCc1ccccc1)OCc1ccccc1. The first-order chi connectivity index (χ1) is 21.1. The van der Waals surface area contributed by atoms with E-state index in [0.717, 1.165) is 27.0 Å². The van der Waals surface area contributed by atoms with Gasteiger partial charge in [-0.3, -0.25) is 10.1 Å². The number of hydrogen-bond donors (Lipinski definition) is 1. The van der Waals surface area contributed by atoms with Gasteiger partial charge in [-0.15, -0.1) is 0 Å². The number of ether oxygens (including phenoxy) is 2. The molecule has 7 heteroatoms. The highest BCUT2D eigenvalue weighted by molar-refractivity contribution is 7.87. The fraction of sp³-hybridized carbons (Fsp3) is 0.0556. The predicted molar refractivity (Wildman–Crippen MR) is 172 cm³/mol. The minimum Gasteiger partial charge on any atom is -0.456 e. The number of hydrogen-bond acceptors (Lipinski definition) is 5. The van der Waals surface area contributed by atoms with E-state index in [1.165, 1.54) is 6.20 Å². The van der Waals surface area contributed by atoms with Gasteiger partial charge in [0, 0.05) is 15.9 Å². The maximum atomic E-state index is 13.4. The second-order valence-electron chi connectivity index (χ2n) is 9.55. The Bertz CT molecular complexity index is 1610. The van der Waals surface area contributed by atoms with Crippen LogP contribution in [0.4, 0.5) is 4.79 Å². The molecule has 6 nitrogen and oxygen atoms in total. The van der Waals surface area contributed by atoms with Crippen LogP contribution >= 0.6 is 7.05 Å². The highest BCUT2D eigenvalue weighted by Gasteiger charge is 2.27. The Morgan fingerprint density at radius 2 is 0.930 bits per heavy atom. The van der Waals surface area contributed by atoms with Gasteiger partial charge in [0.2, 0.25) is 0 Å². The molecule has 0 spiro atoms. The molecule has 0 saturated heterocycles. The largest absolute Gasteiger partial charge is 0.456 e. The first-order valence-electron chi connectivity index (χ1n) is 13.8. The number of carbonyl (C=O) groups excluding carboxylic acids is 2. The zero-order valence-corrected chi connectivity index (χ0v) is 24.3. The quantitative estimate of drug-likeness (QED) is 0.113. The summed E-state index contributed by atoms with van der Waals surface area (Å²) < 4.78 is 16.2. The van der Waals surface area contributed by atoms with Crippen molar-refractivity contribution in [3.05, 3.63) is 175 Å². The van der Waals surface area contributed by atoms with Gasteiger partial charge in [-0.05, 0) is 11.1 Å². The molecule has 0 saturated carbocycles. The summed E-state index contributed by atoms with van der Waals surface area (Å²) in [4.78, 5) is 26.4. The zero-order chi connectivity index (χ0) is 29.7. The highest BCUT2D eigenvalue weighted by Crippen LogP contribution is 2.46. The molecule has 43 heavy (non-hydrogen) atoms. The van der Waals surface area contributed by atoms with Crippen molar-refractivity contribution >= 4 is 35.0 Å². The van der Waals surface area contributed by atoms with E-state index in [0.29, 0.717) is 0 Å². The van der Waals surface area contributed by atoms with Crippen LogP contribution in [0.3, 0.4) is 0 Å². The van der Waals surface area contributed by atoms with Crippen LogP contribution in [0.5, 0.6) is 0 Å². The third-order valence-corrected chi connectivity index (χ3v) is 10.2. The number of amides is 1. The van der Waals surface area contributed by atoms with Gasteiger partial charge in [0.1, 0.15) is 18.9 Å². The predicted octanol–water partition coefficient (Wildman–Crippen LogP) is 6.68. The molecular weight excluding hydrogens is 555 g/mol. The second-order valence-corrected chi connectivity index (χ2v) is 12.6. The maximum absolute atomic E-state index is 13.4. The Morgan fingerprint density at radius 3 is 1.35 bits per heavy atom. The first-order valence-corrected chi connectivity index (χ1v) is 15.6. The topological polar surface area (TPSA) is 77.0 Å². The number of esters is 1. The first kappa shape index (κ1) is 29.3. The lowest BCUT2D eigenvalue weighted by Gasteiger charge is -2.26. The summed E-state index contributed by atoms with van der Waals surface area (Å²) in [5.74, 6) is -0.725. The second kappa shape index (κ2) is 14.6. The summed E-state index contributed by atoms with van der Waals surface area (Å²) >= 11 is 0. The highest BCUT2D eigenvalue weighted by atomic mass is 31.2. The average molecular weight is 587 g/mol.